The highest BCUT2D eigenvalue weighted by Crippen LogP contribution is 2.17. The van der Waals surface area contributed by atoms with Gasteiger partial charge in [-0.05, 0) is 20.4 Å². The summed E-state index contributed by atoms with van der Waals surface area (Å²) in [5.41, 5.74) is -0.0975. The zero-order chi connectivity index (χ0) is 15.6. The molecule has 0 radical (unpaired) electrons. The van der Waals surface area contributed by atoms with Gasteiger partial charge in [-0.25, -0.2) is 0 Å². The van der Waals surface area contributed by atoms with Crippen LogP contribution in [0.3, 0.4) is 0 Å². The van der Waals surface area contributed by atoms with Crippen LogP contribution in [0.2, 0.25) is 0 Å². The summed E-state index contributed by atoms with van der Waals surface area (Å²) in [6, 6.07) is 0.262. The molecule has 0 spiro atoms. The van der Waals surface area contributed by atoms with E-state index in [0.29, 0.717) is 0 Å². The van der Waals surface area contributed by atoms with Gasteiger partial charge in [-0.3, -0.25) is 24.5 Å². The molecule has 0 bridgehead atoms. The molecule has 8 nitrogen and oxygen atoms in total. The number of hydrogen-bond donors (Lipinski definition) is 0. The standard InChI is InChI=1S/C13H21N5O3/c1-4-15-6-10(2)17(11(3)7-15)13(19)9-16-8-12(5-14-16)18(20)21/h5,8,10-11H,4,6-7,9H2,1-3H3/t10-,11+. The van der Waals surface area contributed by atoms with E-state index in [-0.39, 0.29) is 30.2 Å². The maximum atomic E-state index is 12.4. The first kappa shape index (κ1) is 15.4. The number of likely N-dealkylation sites (N-methyl/N-ethyl adjacent to an activating group) is 1. The summed E-state index contributed by atoms with van der Waals surface area (Å²) in [4.78, 5) is 26.7. The Balaban J connectivity index is 2.03. The van der Waals surface area contributed by atoms with Crippen molar-refractivity contribution in [3.8, 4) is 0 Å². The van der Waals surface area contributed by atoms with E-state index >= 15 is 0 Å². The van der Waals surface area contributed by atoms with Gasteiger partial charge in [0.25, 0.3) is 0 Å². The Morgan fingerprint density at radius 1 is 1.43 bits per heavy atom. The van der Waals surface area contributed by atoms with Crippen molar-refractivity contribution in [2.24, 2.45) is 0 Å². The molecule has 0 aromatic carbocycles. The van der Waals surface area contributed by atoms with Crippen LogP contribution in [-0.2, 0) is 11.3 Å². The van der Waals surface area contributed by atoms with Gasteiger partial charge in [0.15, 0.2) is 0 Å². The second-order valence-electron chi connectivity index (χ2n) is 5.50. The molecule has 1 fully saturated rings. The molecule has 1 aromatic heterocycles. The van der Waals surface area contributed by atoms with Gasteiger partial charge in [-0.15, -0.1) is 0 Å². The number of piperazine rings is 1. The Hall–Kier alpha value is -1.96. The largest absolute Gasteiger partial charge is 0.333 e. The molecule has 1 amide bonds. The molecule has 1 aromatic rings. The minimum absolute atomic E-state index is 0.0364. The third-order valence-electron chi connectivity index (χ3n) is 3.86. The van der Waals surface area contributed by atoms with Crippen molar-refractivity contribution in [2.75, 3.05) is 19.6 Å². The van der Waals surface area contributed by atoms with Gasteiger partial charge >= 0.3 is 5.69 Å². The van der Waals surface area contributed by atoms with Crippen LogP contribution in [0, 0.1) is 10.1 Å². The van der Waals surface area contributed by atoms with Crippen molar-refractivity contribution in [3.05, 3.63) is 22.5 Å². The molecule has 1 aliphatic heterocycles. The third kappa shape index (κ3) is 3.38. The van der Waals surface area contributed by atoms with Crippen molar-refractivity contribution in [3.63, 3.8) is 0 Å². The lowest BCUT2D eigenvalue weighted by molar-refractivity contribution is -0.385. The first-order chi connectivity index (χ1) is 9.92. The molecule has 0 aliphatic carbocycles. The molecule has 0 saturated carbocycles. The molecule has 0 unspecified atom stereocenters. The summed E-state index contributed by atoms with van der Waals surface area (Å²) in [7, 11) is 0. The quantitative estimate of drug-likeness (QED) is 0.604. The summed E-state index contributed by atoms with van der Waals surface area (Å²) in [5.74, 6) is -0.0521. The van der Waals surface area contributed by atoms with E-state index in [1.54, 1.807) is 0 Å². The maximum absolute atomic E-state index is 12.4. The van der Waals surface area contributed by atoms with E-state index in [2.05, 4.69) is 16.9 Å². The fraction of sp³-hybridized carbons (Fsp3) is 0.692. The summed E-state index contributed by atoms with van der Waals surface area (Å²) < 4.78 is 1.33. The maximum Gasteiger partial charge on any atom is 0.307 e. The van der Waals surface area contributed by atoms with Crippen molar-refractivity contribution in [1.82, 2.24) is 19.6 Å². The molecule has 2 atom stereocenters. The highest BCUT2D eigenvalue weighted by molar-refractivity contribution is 5.76. The number of aromatic nitrogens is 2. The minimum Gasteiger partial charge on any atom is -0.333 e. The molecule has 0 N–H and O–H groups in total. The molecule has 8 heteroatoms. The Morgan fingerprint density at radius 2 is 2.05 bits per heavy atom. The summed E-state index contributed by atoms with van der Waals surface area (Å²) in [5, 5.41) is 14.5. The first-order valence-electron chi connectivity index (χ1n) is 7.12. The number of nitrogens with zero attached hydrogens (tertiary/aromatic N) is 5. The average molecular weight is 295 g/mol. The fourth-order valence-electron chi connectivity index (χ4n) is 2.94. The van der Waals surface area contributed by atoms with E-state index in [4.69, 9.17) is 0 Å². The van der Waals surface area contributed by atoms with Gasteiger partial charge in [-0.2, -0.15) is 5.10 Å². The van der Waals surface area contributed by atoms with E-state index in [1.807, 2.05) is 18.7 Å². The molecule has 21 heavy (non-hydrogen) atoms. The molecule has 1 saturated heterocycles. The SMILES string of the molecule is CCN1C[C@@H](C)N(C(=O)Cn2cc([N+](=O)[O-])cn2)[C@@H](C)C1. The van der Waals surface area contributed by atoms with Crippen molar-refractivity contribution < 1.29 is 9.72 Å². The van der Waals surface area contributed by atoms with Gasteiger partial charge in [0.05, 0.1) is 4.92 Å². The topological polar surface area (TPSA) is 84.5 Å². The Labute approximate surface area is 123 Å². The van der Waals surface area contributed by atoms with Crippen LogP contribution in [0.5, 0.6) is 0 Å². The minimum atomic E-state index is -0.515. The van der Waals surface area contributed by atoms with Gasteiger partial charge in [0.2, 0.25) is 5.91 Å². The molecule has 1 aliphatic rings. The lowest BCUT2D eigenvalue weighted by Gasteiger charge is -2.44. The predicted molar refractivity (Wildman–Crippen MR) is 76.8 cm³/mol. The lowest BCUT2D eigenvalue weighted by atomic mass is 10.1. The number of nitro groups is 1. The Morgan fingerprint density at radius 3 is 2.52 bits per heavy atom. The van der Waals surface area contributed by atoms with Gasteiger partial charge in [0, 0.05) is 25.2 Å². The van der Waals surface area contributed by atoms with Crippen LogP contribution in [0.15, 0.2) is 12.4 Å². The second kappa shape index (κ2) is 6.21. The molecule has 2 rings (SSSR count). The number of amides is 1. The number of carbonyl (C=O) groups is 1. The third-order valence-corrected chi connectivity index (χ3v) is 3.86. The highest BCUT2D eigenvalue weighted by Gasteiger charge is 2.32. The van der Waals surface area contributed by atoms with Crippen LogP contribution in [-0.4, -0.2) is 62.1 Å². The molecular weight excluding hydrogens is 274 g/mol. The zero-order valence-electron chi connectivity index (χ0n) is 12.6. The number of hydrogen-bond acceptors (Lipinski definition) is 5. The summed E-state index contributed by atoms with van der Waals surface area (Å²) in [6.45, 7) is 8.89. The van der Waals surface area contributed by atoms with E-state index in [1.165, 1.54) is 10.9 Å². The number of rotatable bonds is 4. The average Bonchev–Trinajstić information content (AvgIpc) is 2.86. The molecule has 116 valence electrons. The zero-order valence-corrected chi connectivity index (χ0v) is 12.6. The Bertz CT molecular complexity index is 518. The van der Waals surface area contributed by atoms with Gasteiger partial charge in [0.1, 0.15) is 18.9 Å². The predicted octanol–water partition coefficient (Wildman–Crippen LogP) is 0.732. The molecular formula is C13H21N5O3. The second-order valence-corrected chi connectivity index (χ2v) is 5.50. The van der Waals surface area contributed by atoms with Crippen molar-refractivity contribution in [2.45, 2.75) is 39.4 Å². The fourth-order valence-corrected chi connectivity index (χ4v) is 2.94. The normalized spacial score (nSPS) is 23.3. The lowest BCUT2D eigenvalue weighted by Crippen LogP contribution is -2.59. The Kier molecular flexibility index (Phi) is 4.56. The van der Waals surface area contributed by atoms with Crippen LogP contribution in [0.4, 0.5) is 5.69 Å². The highest BCUT2D eigenvalue weighted by atomic mass is 16.6. The van der Waals surface area contributed by atoms with Crippen molar-refractivity contribution in [1.29, 1.82) is 0 Å². The van der Waals surface area contributed by atoms with Gasteiger partial charge < -0.3 is 4.90 Å². The molecule has 2 heterocycles. The van der Waals surface area contributed by atoms with Crippen LogP contribution < -0.4 is 0 Å². The van der Waals surface area contributed by atoms with Gasteiger partial charge in [-0.1, -0.05) is 6.92 Å². The van der Waals surface area contributed by atoms with E-state index < -0.39 is 4.92 Å². The van der Waals surface area contributed by atoms with Crippen LogP contribution >= 0.6 is 0 Å². The van der Waals surface area contributed by atoms with E-state index in [0.717, 1.165) is 25.8 Å². The first-order valence-corrected chi connectivity index (χ1v) is 7.12. The number of carbonyl (C=O) groups excluding carboxylic acids is 1. The van der Waals surface area contributed by atoms with Crippen LogP contribution in [0.25, 0.3) is 0 Å². The van der Waals surface area contributed by atoms with E-state index in [9.17, 15) is 14.9 Å². The van der Waals surface area contributed by atoms with Crippen molar-refractivity contribution >= 4 is 11.6 Å². The smallest absolute Gasteiger partial charge is 0.307 e. The van der Waals surface area contributed by atoms with Crippen LogP contribution in [0.1, 0.15) is 20.8 Å². The monoisotopic (exact) mass is 295 g/mol. The summed E-state index contributed by atoms with van der Waals surface area (Å²) >= 11 is 0. The summed E-state index contributed by atoms with van der Waals surface area (Å²) in [6.07, 6.45) is 2.45.